The molecule has 0 aliphatic heterocycles. The molecule has 0 fully saturated rings. The van der Waals surface area contributed by atoms with Gasteiger partial charge in [-0.15, -0.1) is 18.2 Å². The van der Waals surface area contributed by atoms with Crippen LogP contribution < -0.4 is 4.40 Å². The van der Waals surface area contributed by atoms with Crippen LogP contribution in [-0.4, -0.2) is 37.8 Å². The van der Waals surface area contributed by atoms with Crippen LogP contribution in [0.1, 0.15) is 128 Å². The van der Waals surface area contributed by atoms with E-state index in [1.807, 2.05) is 12.1 Å². The molecule has 0 spiro atoms. The summed E-state index contributed by atoms with van der Waals surface area (Å²) in [7, 11) is 0. The maximum atomic E-state index is 6.64. The Kier molecular flexibility index (Phi) is 14.8. The van der Waals surface area contributed by atoms with Crippen molar-refractivity contribution < 1.29 is 24.5 Å². The zero-order valence-electron chi connectivity index (χ0n) is 44.4. The van der Waals surface area contributed by atoms with Crippen LogP contribution in [0.25, 0.3) is 83.1 Å². The SMILES string of the molecule is CC(C)Cc1cc(-c2[c-]ccc(C(C)(C)C)c2)nc[c]1[Ge]([CH3])([CH3])[CH3].Cc1ccc2ccc3nc(-c4[c-]ccc5c4oc4nc(C(C)C)ccc45)n(-c4c(C(C)C)cc5ccccc5c4C(C)C)c3c2n1.[Ir]. The first kappa shape index (κ1) is 51.9. The van der Waals surface area contributed by atoms with Gasteiger partial charge in [-0.3, -0.25) is 9.97 Å². The number of hydrogen-bond donors (Lipinski definition) is 0. The van der Waals surface area contributed by atoms with Crippen LogP contribution in [0.5, 0.6) is 0 Å². The summed E-state index contributed by atoms with van der Waals surface area (Å²) < 4.78 is 10.5. The minimum Gasteiger partial charge on any atom is -0.486 e. The molecular formula is C63H69GeIrN5O-2. The molecule has 5 aromatic carbocycles. The number of hydrogen-bond acceptors (Lipinski definition) is 5. The van der Waals surface area contributed by atoms with E-state index in [-0.39, 0.29) is 37.4 Å². The number of nitrogens with zero attached hydrogens (tertiary/aromatic N) is 5. The van der Waals surface area contributed by atoms with Crippen LogP contribution in [0, 0.1) is 25.0 Å². The Labute approximate surface area is 437 Å². The largest absolute Gasteiger partial charge is 0.486 e. The third-order valence-electron chi connectivity index (χ3n) is 13.6. The average Bonchev–Trinajstić information content (AvgIpc) is 3.89. The maximum absolute atomic E-state index is 6.64. The van der Waals surface area contributed by atoms with Crippen molar-refractivity contribution in [1.29, 1.82) is 0 Å². The number of aromatic nitrogens is 5. The van der Waals surface area contributed by atoms with E-state index in [1.165, 1.54) is 38.7 Å². The van der Waals surface area contributed by atoms with Crippen LogP contribution in [0.4, 0.5) is 0 Å². The molecule has 0 N–H and O–H groups in total. The Morgan fingerprint density at radius 3 is 2.13 bits per heavy atom. The number of imidazole rings is 1. The maximum Gasteiger partial charge on any atom is 0.216 e. The predicted molar refractivity (Wildman–Crippen MR) is 299 cm³/mol. The quantitative estimate of drug-likeness (QED) is 0.106. The Hall–Kier alpha value is -5.47. The molecule has 0 atom stereocenters. The smallest absolute Gasteiger partial charge is 0.216 e. The van der Waals surface area contributed by atoms with Crippen LogP contribution in [0.15, 0.2) is 114 Å². The van der Waals surface area contributed by atoms with Crippen LogP contribution in [0.3, 0.4) is 0 Å². The monoisotopic (exact) mass is 1180 g/mol. The molecule has 10 aromatic rings. The third kappa shape index (κ3) is 10.2. The van der Waals surface area contributed by atoms with E-state index in [1.54, 1.807) is 4.40 Å². The van der Waals surface area contributed by atoms with Crippen molar-refractivity contribution in [3.63, 3.8) is 0 Å². The number of rotatable bonds is 9. The molecule has 10 rings (SSSR count). The summed E-state index contributed by atoms with van der Waals surface area (Å²) in [4.78, 5) is 20.3. The molecule has 71 heavy (non-hydrogen) atoms. The average molecular weight is 1180 g/mol. The van der Waals surface area contributed by atoms with Gasteiger partial charge in [0.25, 0.3) is 0 Å². The minimum absolute atomic E-state index is 0. The molecule has 6 nitrogen and oxygen atoms in total. The van der Waals surface area contributed by atoms with Gasteiger partial charge in [0, 0.05) is 48.0 Å². The summed E-state index contributed by atoms with van der Waals surface area (Å²) in [5.74, 6) is 9.61. The number of benzene rings is 5. The molecule has 0 unspecified atom stereocenters. The van der Waals surface area contributed by atoms with E-state index in [0.29, 0.717) is 17.5 Å². The Bertz CT molecular complexity index is 3580. The van der Waals surface area contributed by atoms with E-state index in [0.717, 1.165) is 78.7 Å². The minimum atomic E-state index is -1.91. The second-order valence-corrected chi connectivity index (χ2v) is 33.3. The van der Waals surface area contributed by atoms with Crippen molar-refractivity contribution >= 4 is 72.4 Å². The predicted octanol–water partition coefficient (Wildman–Crippen LogP) is 16.8. The molecular weight excluding hydrogens is 1110 g/mol. The fourth-order valence-electron chi connectivity index (χ4n) is 10.0. The number of fused-ring (bicyclic) bond motifs is 7. The van der Waals surface area contributed by atoms with E-state index in [2.05, 4.69) is 214 Å². The molecule has 0 bridgehead atoms. The van der Waals surface area contributed by atoms with Crippen LogP contribution >= 0.6 is 0 Å². The first-order valence-corrected chi connectivity index (χ1v) is 32.6. The van der Waals surface area contributed by atoms with Gasteiger partial charge in [0.1, 0.15) is 0 Å². The van der Waals surface area contributed by atoms with Crippen molar-refractivity contribution in [2.75, 3.05) is 0 Å². The van der Waals surface area contributed by atoms with Gasteiger partial charge in [-0.05, 0) is 76.9 Å². The van der Waals surface area contributed by atoms with Crippen molar-refractivity contribution in [2.45, 2.75) is 130 Å². The van der Waals surface area contributed by atoms with Crippen molar-refractivity contribution in [3.8, 4) is 28.3 Å². The summed E-state index contributed by atoms with van der Waals surface area (Å²) in [6, 6.07) is 43.6. The first-order valence-electron chi connectivity index (χ1n) is 25.3. The summed E-state index contributed by atoms with van der Waals surface area (Å²) in [6.07, 6.45) is 3.29. The Balaban J connectivity index is 0.000000230. The first-order chi connectivity index (χ1) is 33.2. The summed E-state index contributed by atoms with van der Waals surface area (Å²) in [5.41, 5.74) is 15.9. The van der Waals surface area contributed by atoms with Crippen molar-refractivity contribution in [2.24, 2.45) is 5.92 Å². The normalized spacial score (nSPS) is 12.3. The zero-order chi connectivity index (χ0) is 50.0. The molecule has 0 saturated heterocycles. The van der Waals surface area contributed by atoms with E-state index >= 15 is 0 Å². The summed E-state index contributed by atoms with van der Waals surface area (Å²) in [6.45, 7) is 26.8. The van der Waals surface area contributed by atoms with Gasteiger partial charge in [-0.25, -0.2) is 4.98 Å². The van der Waals surface area contributed by atoms with E-state index < -0.39 is 13.3 Å². The molecule has 0 aliphatic rings. The molecule has 8 heteroatoms. The topological polar surface area (TPSA) is 69.6 Å². The van der Waals surface area contributed by atoms with E-state index in [9.17, 15) is 0 Å². The van der Waals surface area contributed by atoms with Crippen molar-refractivity contribution in [1.82, 2.24) is 24.5 Å². The van der Waals surface area contributed by atoms with Gasteiger partial charge in [0.2, 0.25) is 5.71 Å². The fraction of sp³-hybridized carbons (Fsp3) is 0.333. The molecule has 1 radical (unpaired) electrons. The van der Waals surface area contributed by atoms with Gasteiger partial charge < -0.3 is 8.98 Å². The second kappa shape index (κ2) is 20.2. The fourth-order valence-corrected chi connectivity index (χ4v) is 13.4. The van der Waals surface area contributed by atoms with Gasteiger partial charge >= 0.3 is 151 Å². The van der Waals surface area contributed by atoms with Crippen LogP contribution in [0.2, 0.25) is 17.3 Å². The zero-order valence-corrected chi connectivity index (χ0v) is 48.9. The van der Waals surface area contributed by atoms with Gasteiger partial charge in [-0.1, -0.05) is 88.9 Å². The van der Waals surface area contributed by atoms with Gasteiger partial charge in [0.15, 0.2) is 0 Å². The van der Waals surface area contributed by atoms with Crippen LogP contribution in [-0.2, 0) is 31.9 Å². The van der Waals surface area contributed by atoms with Gasteiger partial charge in [-0.2, -0.15) is 0 Å². The second-order valence-electron chi connectivity index (χ2n) is 22.7. The molecule has 5 aromatic heterocycles. The number of pyridine rings is 3. The molecule has 0 aliphatic carbocycles. The van der Waals surface area contributed by atoms with Gasteiger partial charge in [0.05, 0.1) is 28.0 Å². The third-order valence-corrected chi connectivity index (χ3v) is 18.0. The number of aryl methyl sites for hydroxylation is 1. The molecule has 5 heterocycles. The van der Waals surface area contributed by atoms with Crippen molar-refractivity contribution in [3.05, 3.63) is 155 Å². The summed E-state index contributed by atoms with van der Waals surface area (Å²) in [5, 5.41) is 5.60. The molecule has 0 saturated carbocycles. The molecule has 367 valence electrons. The molecule has 0 amide bonds. The Morgan fingerprint density at radius 2 is 1.44 bits per heavy atom. The van der Waals surface area contributed by atoms with E-state index in [4.69, 9.17) is 24.4 Å². The standard InChI is InChI=1S/C41H37N4O.C22H32GeN.Ir/c1-22(2)32-21-27-11-8-9-12-28(27)35(24(5)6)37(32)45-38-34(19-17-26-16-15-25(7)42-36(26)38)43-40(45)31-14-10-13-29-30-18-20-33(23(3)4)44-41(30)46-39(29)31;1-16(2)12-18-14-21(24-15-20(18)23(6,7)8)17-10-9-11-19(13-17)22(3,4)5;/h8-13,15-24H,1-7H3;9,11,13-16H,12H2,1-8H3;/q2*-1;. The Morgan fingerprint density at radius 1 is 0.704 bits per heavy atom. The summed E-state index contributed by atoms with van der Waals surface area (Å²) >= 11 is -1.91. The number of furan rings is 1.